The molecule has 0 aliphatic rings. The second kappa shape index (κ2) is 80.4. The van der Waals surface area contributed by atoms with Crippen molar-refractivity contribution in [3.8, 4) is 0 Å². The fraction of sp³-hybridized carbons (Fsp3) is 0.833. The first-order chi connectivity index (χ1) is 48.6. The fourth-order valence-electron chi connectivity index (χ4n) is 13.0. The van der Waals surface area contributed by atoms with Gasteiger partial charge in [-0.25, -0.2) is 0 Å². The number of rotatable bonds is 81. The zero-order valence-electron chi connectivity index (χ0n) is 66.4. The van der Waals surface area contributed by atoms with Crippen LogP contribution in [-0.4, -0.2) is 82.3 Å². The van der Waals surface area contributed by atoms with Crippen molar-refractivity contribution in [2.24, 2.45) is 0 Å². The zero-order valence-corrected chi connectivity index (χ0v) is 66.4. The minimum Gasteiger partial charge on any atom is -0.545 e. The molecule has 0 aromatic heterocycles. The number of nitrogens with zero attached hydrogens (tertiary/aromatic N) is 1. The Morgan fingerprint density at radius 3 is 0.859 bits per heavy atom. The number of hydrogen-bond donors (Lipinski definition) is 0. The molecule has 9 heteroatoms. The van der Waals surface area contributed by atoms with Gasteiger partial charge in [0.15, 0.2) is 12.4 Å². The molecule has 0 aliphatic heterocycles. The fourth-order valence-corrected chi connectivity index (χ4v) is 13.0. The summed E-state index contributed by atoms with van der Waals surface area (Å²) in [6.45, 7) is 4.71. The Hall–Kier alpha value is -3.27. The second-order valence-electron chi connectivity index (χ2n) is 30.5. The van der Waals surface area contributed by atoms with Gasteiger partial charge in [0, 0.05) is 12.8 Å². The van der Waals surface area contributed by atoms with Crippen molar-refractivity contribution in [3.05, 3.63) is 72.9 Å². The first-order valence-corrected chi connectivity index (χ1v) is 43.1. The van der Waals surface area contributed by atoms with Crippen molar-refractivity contribution in [2.75, 3.05) is 47.5 Å². The molecule has 0 rings (SSSR count). The lowest BCUT2D eigenvalue weighted by Crippen LogP contribution is -2.44. The summed E-state index contributed by atoms with van der Waals surface area (Å²) in [5.41, 5.74) is 0. The molecule has 2 atom stereocenters. The quantitative estimate of drug-likeness (QED) is 0.0195. The molecule has 0 N–H and O–H groups in total. The molecule has 0 aromatic rings. The van der Waals surface area contributed by atoms with Gasteiger partial charge in [0.25, 0.3) is 0 Å². The van der Waals surface area contributed by atoms with E-state index in [0.717, 1.165) is 70.6 Å². The number of hydrogen-bond acceptors (Lipinski definition) is 8. The molecule has 0 saturated heterocycles. The molecule has 0 saturated carbocycles. The van der Waals surface area contributed by atoms with Crippen molar-refractivity contribution in [1.29, 1.82) is 0 Å². The molecular formula is C90H165NO8. The van der Waals surface area contributed by atoms with E-state index in [4.69, 9.17) is 18.9 Å². The summed E-state index contributed by atoms with van der Waals surface area (Å²) in [7, 11) is 5.95. The average Bonchev–Trinajstić information content (AvgIpc) is 1.16. The summed E-state index contributed by atoms with van der Waals surface area (Å²) in [6, 6.07) is 0. The Morgan fingerprint density at radius 2 is 0.576 bits per heavy atom. The third-order valence-electron chi connectivity index (χ3n) is 19.5. The van der Waals surface area contributed by atoms with Gasteiger partial charge in [0.05, 0.1) is 40.3 Å². The van der Waals surface area contributed by atoms with E-state index in [9.17, 15) is 19.5 Å². The maximum atomic E-state index is 13.0. The van der Waals surface area contributed by atoms with Crippen LogP contribution in [0.15, 0.2) is 72.9 Å². The number of carboxylic acid groups (broad SMARTS) is 1. The molecule has 0 bridgehead atoms. The molecule has 99 heavy (non-hydrogen) atoms. The van der Waals surface area contributed by atoms with Crippen molar-refractivity contribution < 1.29 is 42.9 Å². The van der Waals surface area contributed by atoms with Crippen LogP contribution in [0, 0.1) is 0 Å². The molecule has 9 nitrogen and oxygen atoms in total. The number of carboxylic acids is 1. The Balaban J connectivity index is 3.94. The first-order valence-electron chi connectivity index (χ1n) is 43.1. The van der Waals surface area contributed by atoms with Crippen LogP contribution >= 0.6 is 0 Å². The van der Waals surface area contributed by atoms with Gasteiger partial charge in [0.2, 0.25) is 0 Å². The molecule has 0 aromatic carbocycles. The maximum Gasteiger partial charge on any atom is 0.306 e. The minimum absolute atomic E-state index is 0.149. The van der Waals surface area contributed by atoms with Crippen LogP contribution < -0.4 is 5.11 Å². The summed E-state index contributed by atoms with van der Waals surface area (Å²) in [6.07, 6.45) is 106. The lowest BCUT2D eigenvalue weighted by atomic mass is 10.0. The molecule has 0 amide bonds. The number of allylic oxidation sites excluding steroid dienone is 12. The first kappa shape index (κ1) is 95.7. The lowest BCUT2D eigenvalue weighted by molar-refractivity contribution is -0.870. The van der Waals surface area contributed by atoms with Crippen molar-refractivity contribution in [3.63, 3.8) is 0 Å². The number of aliphatic carboxylic acids is 1. The standard InChI is InChI=1S/C90H165NO8/c1-6-8-10-12-14-16-18-20-22-24-26-28-30-32-34-36-38-40-42-43-44-45-47-48-50-52-54-56-58-60-62-64-66-68-70-72-74-76-78-80-87(92)97-84-86(85-98-90(89(94)95)96-83-82-91(3,4)5)99-88(93)81-79-77-75-73-71-69-67-65-63-61-59-57-55-53-51-49-46-41-39-37-35-33-31-29-27-25-23-21-19-17-15-13-11-9-7-2/h9,11,15,17,21,23,27,29,33,35,39,41,86,90H,6-8,10,12-14,16,18-20,22,24-26,28,30-32,34,36-38,40,42-85H2,1-5H3/b11-9-,17-15-,23-21-,29-27-,35-33-,41-39-. The Labute approximate surface area is 615 Å². The predicted octanol–water partition coefficient (Wildman–Crippen LogP) is 26.6. The van der Waals surface area contributed by atoms with Gasteiger partial charge in [-0.2, -0.15) is 0 Å². The van der Waals surface area contributed by atoms with Gasteiger partial charge in [-0.1, -0.05) is 421 Å². The monoisotopic (exact) mass is 1390 g/mol. The van der Waals surface area contributed by atoms with Crippen LogP contribution in [0.5, 0.6) is 0 Å². The smallest absolute Gasteiger partial charge is 0.306 e. The number of quaternary nitrogens is 1. The van der Waals surface area contributed by atoms with E-state index in [2.05, 4.69) is 86.8 Å². The Morgan fingerprint density at radius 1 is 0.313 bits per heavy atom. The van der Waals surface area contributed by atoms with E-state index in [0.29, 0.717) is 23.9 Å². The maximum absolute atomic E-state index is 13.0. The van der Waals surface area contributed by atoms with E-state index in [1.807, 2.05) is 21.1 Å². The molecule has 2 unspecified atom stereocenters. The Bertz CT molecular complexity index is 1860. The third-order valence-corrected chi connectivity index (χ3v) is 19.5. The number of likely N-dealkylation sites (N-methyl/N-ethyl adjacent to an activating group) is 1. The molecule has 0 spiro atoms. The van der Waals surface area contributed by atoms with Crippen LogP contribution in [0.3, 0.4) is 0 Å². The third kappa shape index (κ3) is 81.9. The summed E-state index contributed by atoms with van der Waals surface area (Å²) < 4.78 is 22.9. The highest BCUT2D eigenvalue weighted by Crippen LogP contribution is 2.20. The highest BCUT2D eigenvalue weighted by molar-refractivity contribution is 5.70. The SMILES string of the molecule is CC/C=C\C/C=C\C/C=C\C/C=C\C/C=C\C/C=C\CCCCCCCCCCCCCCCCCCC(=O)OC(COC(=O)CCCCCCCCCCCCCCCCCCCCCCCCCCCCCCCCCCCCCCCCC)COC(OCC[N+](C)(C)C)C(=O)[O-]. The zero-order chi connectivity index (χ0) is 71.8. The molecule has 0 aliphatic carbocycles. The van der Waals surface area contributed by atoms with Crippen LogP contribution in [0.1, 0.15) is 425 Å². The van der Waals surface area contributed by atoms with Crippen molar-refractivity contribution in [1.82, 2.24) is 0 Å². The van der Waals surface area contributed by atoms with Gasteiger partial charge < -0.3 is 33.3 Å². The molecule has 578 valence electrons. The number of carbonyl (C=O) groups excluding carboxylic acids is 3. The topological polar surface area (TPSA) is 111 Å². The van der Waals surface area contributed by atoms with E-state index in [1.54, 1.807) is 0 Å². The van der Waals surface area contributed by atoms with Crippen LogP contribution in [-0.2, 0) is 33.3 Å². The van der Waals surface area contributed by atoms with Crippen LogP contribution in [0.25, 0.3) is 0 Å². The summed E-state index contributed by atoms with van der Waals surface area (Å²) in [5, 5.41) is 11.9. The normalized spacial score (nSPS) is 12.9. The Kier molecular flexibility index (Phi) is 77.8. The summed E-state index contributed by atoms with van der Waals surface area (Å²) in [5.74, 6) is -2.26. The number of ether oxygens (including phenoxy) is 4. The molecule has 0 heterocycles. The van der Waals surface area contributed by atoms with E-state index in [-0.39, 0.29) is 32.2 Å². The molecule has 0 fully saturated rings. The van der Waals surface area contributed by atoms with E-state index < -0.39 is 24.3 Å². The molecular weight excluding hydrogens is 1220 g/mol. The highest BCUT2D eigenvalue weighted by Gasteiger charge is 2.22. The van der Waals surface area contributed by atoms with Gasteiger partial charge >= 0.3 is 11.9 Å². The van der Waals surface area contributed by atoms with E-state index in [1.165, 1.54) is 321 Å². The predicted molar refractivity (Wildman–Crippen MR) is 426 cm³/mol. The average molecular weight is 1390 g/mol. The van der Waals surface area contributed by atoms with Crippen molar-refractivity contribution >= 4 is 17.9 Å². The molecule has 0 radical (unpaired) electrons. The number of carbonyl (C=O) groups is 3. The second-order valence-corrected chi connectivity index (χ2v) is 30.5. The van der Waals surface area contributed by atoms with Gasteiger partial charge in [-0.15, -0.1) is 0 Å². The van der Waals surface area contributed by atoms with Gasteiger partial charge in [0.1, 0.15) is 13.2 Å². The highest BCUT2D eigenvalue weighted by atomic mass is 16.7. The van der Waals surface area contributed by atoms with Gasteiger partial charge in [-0.3, -0.25) is 9.59 Å². The van der Waals surface area contributed by atoms with Crippen molar-refractivity contribution in [2.45, 2.75) is 437 Å². The lowest BCUT2D eigenvalue weighted by Gasteiger charge is -2.26. The number of unbranched alkanes of at least 4 members (excludes halogenated alkanes) is 54. The largest absolute Gasteiger partial charge is 0.545 e. The van der Waals surface area contributed by atoms with Gasteiger partial charge in [-0.05, 0) is 64.2 Å². The number of esters is 2. The summed E-state index contributed by atoms with van der Waals surface area (Å²) in [4.78, 5) is 37.7. The van der Waals surface area contributed by atoms with Crippen LogP contribution in [0.4, 0.5) is 0 Å². The minimum atomic E-state index is -1.62. The van der Waals surface area contributed by atoms with Crippen LogP contribution in [0.2, 0.25) is 0 Å². The summed E-state index contributed by atoms with van der Waals surface area (Å²) >= 11 is 0. The van der Waals surface area contributed by atoms with E-state index >= 15 is 0 Å².